The predicted molar refractivity (Wildman–Crippen MR) is 70.1 cm³/mol. The first-order chi connectivity index (χ1) is 8.86. The van der Waals surface area contributed by atoms with Gasteiger partial charge in [-0.3, -0.25) is 0 Å². The standard InChI is InChI=1S/C13H9BrF3NO/c14-9-3-6-12(11(18)7-9)19-10-4-1-8(2-5-10)13(15,16)17/h1-7H,18H2. The maximum absolute atomic E-state index is 12.4. The van der Waals surface area contributed by atoms with Crippen molar-refractivity contribution in [3.05, 3.63) is 52.5 Å². The van der Waals surface area contributed by atoms with Crippen molar-refractivity contribution in [2.75, 3.05) is 5.73 Å². The van der Waals surface area contributed by atoms with Gasteiger partial charge in [0, 0.05) is 4.47 Å². The molecule has 0 aromatic heterocycles. The molecule has 19 heavy (non-hydrogen) atoms. The summed E-state index contributed by atoms with van der Waals surface area (Å²) in [5.41, 5.74) is 5.41. The molecule has 2 aromatic rings. The molecule has 6 heteroatoms. The largest absolute Gasteiger partial charge is 0.455 e. The zero-order chi connectivity index (χ0) is 14.0. The summed E-state index contributed by atoms with van der Waals surface area (Å²) in [4.78, 5) is 0. The zero-order valence-corrected chi connectivity index (χ0v) is 11.1. The van der Waals surface area contributed by atoms with Gasteiger partial charge in [-0.2, -0.15) is 13.2 Å². The molecule has 0 amide bonds. The lowest BCUT2D eigenvalue weighted by atomic mass is 10.2. The van der Waals surface area contributed by atoms with Crippen molar-refractivity contribution in [1.29, 1.82) is 0 Å². The van der Waals surface area contributed by atoms with Crippen LogP contribution in [0.25, 0.3) is 0 Å². The normalized spacial score (nSPS) is 11.4. The highest BCUT2D eigenvalue weighted by molar-refractivity contribution is 9.10. The van der Waals surface area contributed by atoms with Gasteiger partial charge in [0.05, 0.1) is 11.3 Å². The Balaban J connectivity index is 2.20. The highest BCUT2D eigenvalue weighted by atomic mass is 79.9. The fourth-order valence-corrected chi connectivity index (χ4v) is 1.83. The lowest BCUT2D eigenvalue weighted by molar-refractivity contribution is -0.137. The topological polar surface area (TPSA) is 35.2 Å². The van der Waals surface area contributed by atoms with Crippen LogP contribution in [0.2, 0.25) is 0 Å². The fraction of sp³-hybridized carbons (Fsp3) is 0.0769. The van der Waals surface area contributed by atoms with Crippen molar-refractivity contribution >= 4 is 21.6 Å². The summed E-state index contributed by atoms with van der Waals surface area (Å²) in [5.74, 6) is 0.685. The summed E-state index contributed by atoms with van der Waals surface area (Å²) in [5, 5.41) is 0. The summed E-state index contributed by atoms with van der Waals surface area (Å²) in [6.45, 7) is 0. The molecule has 0 heterocycles. The molecule has 2 N–H and O–H groups in total. The van der Waals surface area contributed by atoms with E-state index in [-0.39, 0.29) is 0 Å². The Labute approximate surface area is 116 Å². The number of anilines is 1. The smallest absolute Gasteiger partial charge is 0.416 e. The first kappa shape index (κ1) is 13.7. The van der Waals surface area contributed by atoms with E-state index in [1.165, 1.54) is 12.1 Å². The van der Waals surface area contributed by atoms with Gasteiger partial charge in [0.25, 0.3) is 0 Å². The van der Waals surface area contributed by atoms with Crippen LogP contribution in [-0.2, 0) is 6.18 Å². The van der Waals surface area contributed by atoms with E-state index in [1.807, 2.05) is 0 Å². The van der Waals surface area contributed by atoms with Gasteiger partial charge in [-0.1, -0.05) is 15.9 Å². The molecule has 0 radical (unpaired) electrons. The SMILES string of the molecule is Nc1cc(Br)ccc1Oc1ccc(C(F)(F)F)cc1. The monoisotopic (exact) mass is 331 g/mol. The molecular formula is C13H9BrF3NO. The van der Waals surface area contributed by atoms with Gasteiger partial charge in [0.15, 0.2) is 0 Å². The van der Waals surface area contributed by atoms with Gasteiger partial charge < -0.3 is 10.5 Å². The van der Waals surface area contributed by atoms with Crippen LogP contribution in [0.1, 0.15) is 5.56 Å². The molecule has 0 fully saturated rings. The molecule has 2 aromatic carbocycles. The molecule has 0 atom stereocenters. The van der Waals surface area contributed by atoms with Crippen LogP contribution >= 0.6 is 15.9 Å². The van der Waals surface area contributed by atoms with Gasteiger partial charge in [-0.15, -0.1) is 0 Å². The maximum atomic E-state index is 12.4. The van der Waals surface area contributed by atoms with Gasteiger partial charge >= 0.3 is 6.18 Å². The van der Waals surface area contributed by atoms with Crippen LogP contribution in [-0.4, -0.2) is 0 Å². The minimum atomic E-state index is -4.35. The summed E-state index contributed by atoms with van der Waals surface area (Å²) < 4.78 is 43.4. The quantitative estimate of drug-likeness (QED) is 0.799. The number of halogens is 4. The molecule has 2 rings (SSSR count). The Bertz CT molecular complexity index is 581. The van der Waals surface area contributed by atoms with Gasteiger partial charge in [-0.05, 0) is 42.5 Å². The van der Waals surface area contributed by atoms with E-state index >= 15 is 0 Å². The Morgan fingerprint density at radius 2 is 1.63 bits per heavy atom. The number of nitrogen functional groups attached to an aromatic ring is 1. The lowest BCUT2D eigenvalue weighted by Crippen LogP contribution is -2.04. The molecule has 0 aliphatic heterocycles. The summed E-state index contributed by atoms with van der Waals surface area (Å²) >= 11 is 3.25. The summed E-state index contributed by atoms with van der Waals surface area (Å²) in [7, 11) is 0. The molecule has 0 aliphatic rings. The van der Waals surface area contributed by atoms with Crippen molar-refractivity contribution < 1.29 is 17.9 Å². The van der Waals surface area contributed by atoms with Crippen molar-refractivity contribution in [2.45, 2.75) is 6.18 Å². The molecule has 0 unspecified atom stereocenters. The Kier molecular flexibility index (Phi) is 3.71. The van der Waals surface area contributed by atoms with Crippen LogP contribution in [0.5, 0.6) is 11.5 Å². The molecule has 2 nitrogen and oxygen atoms in total. The molecule has 0 spiro atoms. The van der Waals surface area contributed by atoms with Crippen molar-refractivity contribution in [3.63, 3.8) is 0 Å². The Morgan fingerprint density at radius 1 is 1.00 bits per heavy atom. The predicted octanol–water partition coefficient (Wildman–Crippen LogP) is 4.84. The van der Waals surface area contributed by atoms with E-state index in [0.717, 1.165) is 16.6 Å². The lowest BCUT2D eigenvalue weighted by Gasteiger charge is -2.10. The highest BCUT2D eigenvalue weighted by Gasteiger charge is 2.30. The average molecular weight is 332 g/mol. The van der Waals surface area contributed by atoms with E-state index in [0.29, 0.717) is 17.2 Å². The molecule has 0 bridgehead atoms. The second kappa shape index (κ2) is 5.13. The van der Waals surface area contributed by atoms with Crippen LogP contribution in [0.4, 0.5) is 18.9 Å². The number of rotatable bonds is 2. The second-order valence-corrected chi connectivity index (χ2v) is 4.72. The van der Waals surface area contributed by atoms with E-state index < -0.39 is 11.7 Å². The van der Waals surface area contributed by atoms with Crippen LogP contribution in [0.3, 0.4) is 0 Å². The van der Waals surface area contributed by atoms with E-state index in [2.05, 4.69) is 15.9 Å². The van der Waals surface area contributed by atoms with Crippen LogP contribution in [0, 0.1) is 0 Å². The van der Waals surface area contributed by atoms with Crippen LogP contribution < -0.4 is 10.5 Å². The number of hydrogen-bond donors (Lipinski definition) is 1. The molecule has 0 saturated carbocycles. The first-order valence-corrected chi connectivity index (χ1v) is 6.06. The zero-order valence-electron chi connectivity index (χ0n) is 9.54. The Hall–Kier alpha value is -1.69. The number of hydrogen-bond acceptors (Lipinski definition) is 2. The van der Waals surface area contributed by atoms with Gasteiger partial charge in [0.2, 0.25) is 0 Å². The third kappa shape index (κ3) is 3.41. The minimum absolute atomic E-state index is 0.294. The third-order valence-corrected chi connectivity index (χ3v) is 2.87. The number of nitrogens with two attached hydrogens (primary N) is 1. The van der Waals surface area contributed by atoms with E-state index in [4.69, 9.17) is 10.5 Å². The number of benzene rings is 2. The molecule has 100 valence electrons. The van der Waals surface area contributed by atoms with Crippen molar-refractivity contribution in [2.24, 2.45) is 0 Å². The highest BCUT2D eigenvalue weighted by Crippen LogP contribution is 2.33. The molecular weight excluding hydrogens is 323 g/mol. The average Bonchev–Trinajstić information content (AvgIpc) is 2.32. The maximum Gasteiger partial charge on any atom is 0.416 e. The fourth-order valence-electron chi connectivity index (χ4n) is 1.45. The van der Waals surface area contributed by atoms with E-state index in [1.54, 1.807) is 18.2 Å². The summed E-state index contributed by atoms with van der Waals surface area (Å²) in [6.07, 6.45) is -4.35. The number of alkyl halides is 3. The third-order valence-electron chi connectivity index (χ3n) is 2.38. The van der Waals surface area contributed by atoms with Gasteiger partial charge in [-0.25, -0.2) is 0 Å². The Morgan fingerprint density at radius 3 is 2.16 bits per heavy atom. The van der Waals surface area contributed by atoms with E-state index in [9.17, 15) is 13.2 Å². The summed E-state index contributed by atoms with van der Waals surface area (Å²) in [6, 6.07) is 9.45. The first-order valence-electron chi connectivity index (χ1n) is 5.26. The minimum Gasteiger partial charge on any atom is -0.455 e. The van der Waals surface area contributed by atoms with Crippen molar-refractivity contribution in [3.8, 4) is 11.5 Å². The van der Waals surface area contributed by atoms with Gasteiger partial charge in [0.1, 0.15) is 11.5 Å². The van der Waals surface area contributed by atoms with Crippen molar-refractivity contribution in [1.82, 2.24) is 0 Å². The van der Waals surface area contributed by atoms with Crippen LogP contribution in [0.15, 0.2) is 46.9 Å². The molecule has 0 aliphatic carbocycles. The second-order valence-electron chi connectivity index (χ2n) is 3.81. The number of ether oxygens (including phenoxy) is 1. The molecule has 0 saturated heterocycles.